The van der Waals surface area contributed by atoms with Gasteiger partial charge in [0.15, 0.2) is 0 Å². The quantitative estimate of drug-likeness (QED) is 0.704. The van der Waals surface area contributed by atoms with E-state index in [2.05, 4.69) is 33.1 Å². The van der Waals surface area contributed by atoms with E-state index in [1.54, 1.807) is 0 Å². The Balaban J connectivity index is 1.15. The lowest BCUT2D eigenvalue weighted by Gasteiger charge is -2.36. The van der Waals surface area contributed by atoms with Crippen LogP contribution in [0, 0.1) is 5.92 Å². The highest BCUT2D eigenvalue weighted by molar-refractivity contribution is 5.74. The molecule has 1 saturated heterocycles. The van der Waals surface area contributed by atoms with Crippen LogP contribution in [0.3, 0.4) is 0 Å². The van der Waals surface area contributed by atoms with Crippen LogP contribution in [0.4, 0.5) is 4.79 Å². The number of nitrogens with one attached hydrogen (secondary N) is 1. The molecule has 1 aromatic heterocycles. The first-order chi connectivity index (χ1) is 15.1. The minimum Gasteiger partial charge on any atom is -0.393 e. The van der Waals surface area contributed by atoms with Crippen molar-refractivity contribution in [1.82, 2.24) is 19.8 Å². The third kappa shape index (κ3) is 4.08. The normalized spacial score (nSPS) is 26.9. The van der Waals surface area contributed by atoms with Crippen molar-refractivity contribution >= 4 is 6.03 Å². The van der Waals surface area contributed by atoms with Gasteiger partial charge in [0, 0.05) is 24.7 Å². The number of nitrogens with zero attached hydrogens (tertiary/aromatic N) is 3. The molecule has 1 aliphatic carbocycles. The molecule has 0 spiro atoms. The Hall–Kier alpha value is -2.38. The number of amides is 2. The lowest BCUT2D eigenvalue weighted by molar-refractivity contribution is 0.0529. The predicted molar refractivity (Wildman–Crippen MR) is 118 cm³/mol. The SMILES string of the molecule is O=C(NC1CCC(O)CC1)N1CCC([C@@H](O)C[C@H]2c3ccccc3-c3cncn32)CC1. The number of imidazole rings is 1. The number of hydrogen-bond donors (Lipinski definition) is 3. The fourth-order valence-electron chi connectivity index (χ4n) is 5.57. The summed E-state index contributed by atoms with van der Waals surface area (Å²) in [6.45, 7) is 1.36. The van der Waals surface area contributed by atoms with Crippen LogP contribution in [-0.4, -0.2) is 62.0 Å². The average molecular weight is 425 g/mol. The van der Waals surface area contributed by atoms with E-state index < -0.39 is 6.10 Å². The molecule has 1 aromatic carbocycles. The van der Waals surface area contributed by atoms with Crippen molar-refractivity contribution in [2.24, 2.45) is 5.92 Å². The molecule has 3 aliphatic rings. The van der Waals surface area contributed by atoms with E-state index in [1.807, 2.05) is 23.5 Å². The van der Waals surface area contributed by atoms with Gasteiger partial charge in [-0.25, -0.2) is 9.78 Å². The van der Waals surface area contributed by atoms with Gasteiger partial charge in [-0.3, -0.25) is 0 Å². The van der Waals surface area contributed by atoms with Crippen LogP contribution in [0.5, 0.6) is 0 Å². The van der Waals surface area contributed by atoms with Crippen LogP contribution < -0.4 is 5.32 Å². The van der Waals surface area contributed by atoms with Crippen molar-refractivity contribution in [3.63, 3.8) is 0 Å². The third-order valence-electron chi connectivity index (χ3n) is 7.46. The van der Waals surface area contributed by atoms with Crippen LogP contribution in [0.25, 0.3) is 11.3 Å². The summed E-state index contributed by atoms with van der Waals surface area (Å²) >= 11 is 0. The van der Waals surface area contributed by atoms with Crippen molar-refractivity contribution in [3.8, 4) is 11.3 Å². The Morgan fingerprint density at radius 1 is 1.13 bits per heavy atom. The smallest absolute Gasteiger partial charge is 0.317 e. The summed E-state index contributed by atoms with van der Waals surface area (Å²) in [6, 6.07) is 8.67. The first-order valence-corrected chi connectivity index (χ1v) is 11.6. The standard InChI is InChI=1S/C24H32N4O3/c29-18-7-5-17(6-8-18)26-24(31)27-11-9-16(10-12-27)23(30)13-21-19-3-1-2-4-20(19)22-14-25-15-28(21)22/h1-4,14-18,21,23,29-30H,5-13H2,(H,26,31)/t17?,18?,21-,23-/m0/s1. The van der Waals surface area contributed by atoms with Gasteiger partial charge in [-0.2, -0.15) is 0 Å². The second-order valence-corrected chi connectivity index (χ2v) is 9.37. The zero-order valence-electron chi connectivity index (χ0n) is 17.9. The van der Waals surface area contributed by atoms with Gasteiger partial charge in [-0.15, -0.1) is 0 Å². The maximum Gasteiger partial charge on any atom is 0.317 e. The number of likely N-dealkylation sites (tertiary alicyclic amines) is 1. The van der Waals surface area contributed by atoms with E-state index in [4.69, 9.17) is 0 Å². The molecule has 0 bridgehead atoms. The van der Waals surface area contributed by atoms with E-state index in [9.17, 15) is 15.0 Å². The molecule has 2 aliphatic heterocycles. The molecule has 31 heavy (non-hydrogen) atoms. The topological polar surface area (TPSA) is 90.6 Å². The molecule has 5 rings (SSSR count). The number of benzene rings is 1. The van der Waals surface area contributed by atoms with E-state index >= 15 is 0 Å². The molecule has 2 atom stereocenters. The molecule has 166 valence electrons. The number of aliphatic hydroxyl groups is 2. The molecule has 1 saturated carbocycles. The van der Waals surface area contributed by atoms with Crippen molar-refractivity contribution < 1.29 is 15.0 Å². The average Bonchev–Trinajstić information content (AvgIpc) is 3.38. The number of piperidine rings is 1. The first kappa shape index (κ1) is 20.5. The van der Waals surface area contributed by atoms with E-state index in [1.165, 1.54) is 11.1 Å². The monoisotopic (exact) mass is 424 g/mol. The van der Waals surface area contributed by atoms with Gasteiger partial charge in [-0.05, 0) is 56.4 Å². The molecule has 0 unspecified atom stereocenters. The lowest BCUT2D eigenvalue weighted by Crippen LogP contribution is -2.49. The lowest BCUT2D eigenvalue weighted by atomic mass is 9.86. The molecule has 2 aromatic rings. The van der Waals surface area contributed by atoms with E-state index in [-0.39, 0.29) is 30.1 Å². The minimum absolute atomic E-state index is 0.00195. The Labute approximate surface area is 183 Å². The molecule has 3 heterocycles. The maximum atomic E-state index is 12.6. The van der Waals surface area contributed by atoms with Gasteiger partial charge in [0.25, 0.3) is 0 Å². The second kappa shape index (κ2) is 8.63. The van der Waals surface area contributed by atoms with Gasteiger partial charge in [0.1, 0.15) is 0 Å². The van der Waals surface area contributed by atoms with Crippen LogP contribution in [0.2, 0.25) is 0 Å². The molecule has 7 heteroatoms. The molecule has 7 nitrogen and oxygen atoms in total. The molecular formula is C24H32N4O3. The van der Waals surface area contributed by atoms with Gasteiger partial charge >= 0.3 is 6.03 Å². The summed E-state index contributed by atoms with van der Waals surface area (Å²) in [7, 11) is 0. The fourth-order valence-corrected chi connectivity index (χ4v) is 5.57. The van der Waals surface area contributed by atoms with Gasteiger partial charge in [0.2, 0.25) is 0 Å². The highest BCUT2D eigenvalue weighted by Crippen LogP contribution is 2.42. The summed E-state index contributed by atoms with van der Waals surface area (Å²) in [6.07, 6.45) is 8.69. The second-order valence-electron chi connectivity index (χ2n) is 9.37. The number of carbonyl (C=O) groups is 1. The van der Waals surface area contributed by atoms with Gasteiger partial charge in [-0.1, -0.05) is 24.3 Å². The number of carbonyl (C=O) groups excluding carboxylic acids is 1. The number of rotatable bonds is 4. The van der Waals surface area contributed by atoms with Crippen LogP contribution in [0.15, 0.2) is 36.8 Å². The highest BCUT2D eigenvalue weighted by Gasteiger charge is 2.34. The van der Waals surface area contributed by atoms with Crippen molar-refractivity contribution in [2.75, 3.05) is 13.1 Å². The number of fused-ring (bicyclic) bond motifs is 3. The number of hydrogen-bond acceptors (Lipinski definition) is 4. The third-order valence-corrected chi connectivity index (χ3v) is 7.46. The molecule has 3 N–H and O–H groups in total. The fraction of sp³-hybridized carbons (Fsp3) is 0.583. The van der Waals surface area contributed by atoms with Crippen molar-refractivity contribution in [1.29, 1.82) is 0 Å². The van der Waals surface area contributed by atoms with Crippen LogP contribution in [-0.2, 0) is 0 Å². The number of urea groups is 1. The van der Waals surface area contributed by atoms with E-state index in [0.717, 1.165) is 44.2 Å². The Kier molecular flexibility index (Phi) is 5.71. The molecule has 0 radical (unpaired) electrons. The van der Waals surface area contributed by atoms with Crippen molar-refractivity contribution in [2.45, 2.75) is 69.2 Å². The zero-order chi connectivity index (χ0) is 21.4. The Morgan fingerprint density at radius 2 is 1.87 bits per heavy atom. The molecule has 2 amide bonds. The summed E-state index contributed by atoms with van der Waals surface area (Å²) in [5.41, 5.74) is 3.59. The first-order valence-electron chi connectivity index (χ1n) is 11.6. The Bertz CT molecular complexity index is 913. The van der Waals surface area contributed by atoms with Gasteiger partial charge < -0.3 is 25.0 Å². The van der Waals surface area contributed by atoms with E-state index in [0.29, 0.717) is 19.5 Å². The van der Waals surface area contributed by atoms with Crippen molar-refractivity contribution in [3.05, 3.63) is 42.4 Å². The minimum atomic E-state index is -0.406. The number of aliphatic hydroxyl groups excluding tert-OH is 2. The Morgan fingerprint density at radius 3 is 2.65 bits per heavy atom. The van der Waals surface area contributed by atoms with Crippen LogP contribution >= 0.6 is 0 Å². The predicted octanol–water partition coefficient (Wildman–Crippen LogP) is 2.93. The largest absolute Gasteiger partial charge is 0.393 e. The summed E-state index contributed by atoms with van der Waals surface area (Å²) in [5, 5.41) is 23.8. The summed E-state index contributed by atoms with van der Waals surface area (Å²) in [5.74, 6) is 0.202. The molecule has 2 fully saturated rings. The highest BCUT2D eigenvalue weighted by atomic mass is 16.3. The zero-order valence-corrected chi connectivity index (χ0v) is 17.9. The van der Waals surface area contributed by atoms with Gasteiger partial charge in [0.05, 0.1) is 36.5 Å². The summed E-state index contributed by atoms with van der Waals surface area (Å²) < 4.78 is 2.18. The molecular weight excluding hydrogens is 392 g/mol. The summed E-state index contributed by atoms with van der Waals surface area (Å²) in [4.78, 5) is 18.8. The maximum absolute atomic E-state index is 12.6. The number of aromatic nitrogens is 2. The van der Waals surface area contributed by atoms with Crippen LogP contribution in [0.1, 0.15) is 56.6 Å².